The number of nitrogens with one attached hydrogen (secondary N) is 1. The quantitative estimate of drug-likeness (QED) is 0.320. The molecule has 4 nitrogen and oxygen atoms in total. The lowest BCUT2D eigenvalue weighted by atomic mass is 9.91. The van der Waals surface area contributed by atoms with Crippen LogP contribution >= 0.6 is 0 Å². The number of guanidine groups is 1. The van der Waals surface area contributed by atoms with Gasteiger partial charge in [-0.1, -0.05) is 20.8 Å². The van der Waals surface area contributed by atoms with Gasteiger partial charge in [0.05, 0.1) is 0 Å². The van der Waals surface area contributed by atoms with Crippen molar-refractivity contribution in [3.8, 4) is 0 Å². The van der Waals surface area contributed by atoms with Crippen LogP contribution in [0.5, 0.6) is 0 Å². The Kier molecular flexibility index (Phi) is 3.04. The second-order valence-corrected chi connectivity index (χ2v) is 3.48. The minimum atomic E-state index is -0.331. The number of ketones is 1. The van der Waals surface area contributed by atoms with Gasteiger partial charge in [-0.15, -0.1) is 0 Å². The van der Waals surface area contributed by atoms with Crippen molar-refractivity contribution in [2.75, 3.05) is 6.54 Å². The molecule has 0 rings (SSSR count). The molecule has 0 amide bonds. The van der Waals surface area contributed by atoms with Crippen molar-refractivity contribution in [1.29, 1.82) is 0 Å². The van der Waals surface area contributed by atoms with E-state index >= 15 is 0 Å². The molecule has 0 bridgehead atoms. The Morgan fingerprint density at radius 2 is 1.82 bits per heavy atom. The summed E-state index contributed by atoms with van der Waals surface area (Å²) in [6.45, 7) is 5.75. The lowest BCUT2D eigenvalue weighted by Crippen LogP contribution is -2.80. The highest BCUT2D eigenvalue weighted by Gasteiger charge is 2.20. The maximum atomic E-state index is 11.2. The van der Waals surface area contributed by atoms with E-state index in [1.165, 1.54) is 0 Å². The van der Waals surface area contributed by atoms with Gasteiger partial charge >= 0.3 is 5.96 Å². The first kappa shape index (κ1) is 9.94. The maximum absolute atomic E-state index is 11.2. The van der Waals surface area contributed by atoms with Crippen molar-refractivity contribution in [2.24, 2.45) is 16.9 Å². The third-order valence-electron chi connectivity index (χ3n) is 1.29. The highest BCUT2D eigenvalue weighted by Crippen LogP contribution is 2.12. The summed E-state index contributed by atoms with van der Waals surface area (Å²) in [5.74, 6) is 0.175. The molecule has 0 heterocycles. The molecule has 64 valence electrons. The molecule has 0 saturated carbocycles. The molecule has 5 N–H and O–H groups in total. The molecule has 0 aliphatic rings. The third-order valence-corrected chi connectivity index (χ3v) is 1.29. The Morgan fingerprint density at radius 3 is 2.09 bits per heavy atom. The van der Waals surface area contributed by atoms with Gasteiger partial charge in [-0.3, -0.25) is 21.3 Å². The van der Waals surface area contributed by atoms with E-state index in [4.69, 9.17) is 11.5 Å². The summed E-state index contributed by atoms with van der Waals surface area (Å²) in [7, 11) is 0. The summed E-state index contributed by atoms with van der Waals surface area (Å²) in [6, 6.07) is 0. The molecule has 11 heavy (non-hydrogen) atoms. The van der Waals surface area contributed by atoms with E-state index in [1.54, 1.807) is 0 Å². The molecule has 0 radical (unpaired) electrons. The van der Waals surface area contributed by atoms with Crippen LogP contribution in [0.15, 0.2) is 0 Å². The average molecular weight is 158 g/mol. The molecule has 0 unspecified atom stereocenters. The molecule has 0 aliphatic carbocycles. The van der Waals surface area contributed by atoms with Crippen LogP contribution in [0, 0.1) is 5.41 Å². The van der Waals surface area contributed by atoms with Crippen LogP contribution in [0.4, 0.5) is 0 Å². The van der Waals surface area contributed by atoms with E-state index in [2.05, 4.69) is 4.99 Å². The van der Waals surface area contributed by atoms with Gasteiger partial charge in [-0.25, -0.2) is 0 Å². The molecule has 0 fully saturated rings. The molecule has 0 aromatic carbocycles. The van der Waals surface area contributed by atoms with Gasteiger partial charge in [0.15, 0.2) is 5.78 Å². The first-order valence-electron chi connectivity index (χ1n) is 3.49. The molecule has 0 atom stereocenters. The van der Waals surface area contributed by atoms with Crippen molar-refractivity contribution in [3.05, 3.63) is 0 Å². The zero-order valence-electron chi connectivity index (χ0n) is 7.27. The second kappa shape index (κ2) is 3.37. The minimum Gasteiger partial charge on any atom is -0.296 e. The highest BCUT2D eigenvalue weighted by molar-refractivity contribution is 5.85. The van der Waals surface area contributed by atoms with Crippen LogP contribution in [-0.2, 0) is 4.79 Å². The van der Waals surface area contributed by atoms with Crippen LogP contribution in [0.25, 0.3) is 0 Å². The predicted octanol–water partition coefficient (Wildman–Crippen LogP) is -2.04. The van der Waals surface area contributed by atoms with Gasteiger partial charge in [0.1, 0.15) is 6.54 Å². The van der Waals surface area contributed by atoms with Crippen molar-refractivity contribution in [3.63, 3.8) is 0 Å². The largest absolute Gasteiger partial charge is 0.339 e. The Labute approximate surface area is 66.7 Å². The second-order valence-electron chi connectivity index (χ2n) is 3.48. The monoisotopic (exact) mass is 158 g/mol. The summed E-state index contributed by atoms with van der Waals surface area (Å²) in [4.78, 5) is 13.8. The standard InChI is InChI=1S/C7H15N3O/c1-7(2,3)5(11)4-10-6(8)9/h4H2,1-3H3,(H4,8,9,10)/p+1. The Hall–Kier alpha value is -1.06. The van der Waals surface area contributed by atoms with Crippen molar-refractivity contribution in [1.82, 2.24) is 0 Å². The van der Waals surface area contributed by atoms with Gasteiger partial charge in [0.2, 0.25) is 0 Å². The predicted molar refractivity (Wildman–Crippen MR) is 43.7 cm³/mol. The lowest BCUT2D eigenvalue weighted by molar-refractivity contribution is -0.446. The SMILES string of the molecule is CC(C)(C)C(=O)C[NH+]=C(N)N. The van der Waals surface area contributed by atoms with E-state index in [-0.39, 0.29) is 23.7 Å². The Bertz CT molecular complexity index is 175. The van der Waals surface area contributed by atoms with E-state index in [0.29, 0.717) is 0 Å². The van der Waals surface area contributed by atoms with Crippen LogP contribution in [-0.4, -0.2) is 18.3 Å². The third kappa shape index (κ3) is 4.36. The first-order chi connectivity index (χ1) is 4.84. The zero-order valence-corrected chi connectivity index (χ0v) is 7.27. The molecular formula is C7H16N3O+. The molecule has 0 aromatic rings. The summed E-state index contributed by atoms with van der Waals surface area (Å²) in [5, 5.41) is 0. The van der Waals surface area contributed by atoms with E-state index in [0.717, 1.165) is 0 Å². The Balaban J connectivity index is 4.01. The number of hydrogen-bond acceptors (Lipinski definition) is 1. The number of rotatable bonds is 2. The van der Waals surface area contributed by atoms with Gasteiger partial charge in [0.25, 0.3) is 0 Å². The fourth-order valence-electron chi connectivity index (χ4n) is 0.448. The number of carbonyl (C=O) groups is 1. The fraction of sp³-hybridized carbons (Fsp3) is 0.714. The lowest BCUT2D eigenvalue weighted by Gasteiger charge is -2.13. The van der Waals surface area contributed by atoms with Crippen LogP contribution in [0.3, 0.4) is 0 Å². The van der Waals surface area contributed by atoms with Crippen LogP contribution in [0.1, 0.15) is 20.8 Å². The summed E-state index contributed by atoms with van der Waals surface area (Å²) in [6.07, 6.45) is 0. The van der Waals surface area contributed by atoms with Crippen molar-refractivity contribution in [2.45, 2.75) is 20.8 Å². The van der Waals surface area contributed by atoms with Crippen molar-refractivity contribution >= 4 is 11.7 Å². The molecule has 0 aromatic heterocycles. The molecule has 0 saturated heterocycles. The molecule has 0 aliphatic heterocycles. The number of carbonyl (C=O) groups excluding carboxylic acids is 1. The topological polar surface area (TPSA) is 83.1 Å². The summed E-state index contributed by atoms with van der Waals surface area (Å²) in [5.41, 5.74) is 9.90. The first-order valence-corrected chi connectivity index (χ1v) is 3.49. The molecule has 0 spiro atoms. The number of nitrogens with two attached hydrogens (primary N) is 2. The van der Waals surface area contributed by atoms with Crippen LogP contribution in [0.2, 0.25) is 0 Å². The van der Waals surface area contributed by atoms with Gasteiger partial charge in [-0.05, 0) is 0 Å². The number of Topliss-reactive ketones (excluding diaryl/α,β-unsaturated/α-hetero) is 1. The normalized spacial score (nSPS) is 10.8. The Morgan fingerprint density at radius 1 is 1.36 bits per heavy atom. The molecular weight excluding hydrogens is 142 g/mol. The number of hydrogen-bond donors (Lipinski definition) is 3. The van der Waals surface area contributed by atoms with E-state index < -0.39 is 0 Å². The van der Waals surface area contributed by atoms with E-state index in [9.17, 15) is 4.79 Å². The van der Waals surface area contributed by atoms with E-state index in [1.807, 2.05) is 20.8 Å². The van der Waals surface area contributed by atoms with Crippen LogP contribution < -0.4 is 16.5 Å². The fourth-order valence-corrected chi connectivity index (χ4v) is 0.448. The minimum absolute atomic E-state index is 0.0857. The smallest absolute Gasteiger partial charge is 0.296 e. The summed E-state index contributed by atoms with van der Waals surface area (Å²) < 4.78 is 0. The highest BCUT2D eigenvalue weighted by atomic mass is 16.1. The van der Waals surface area contributed by atoms with Gasteiger partial charge in [-0.2, -0.15) is 0 Å². The summed E-state index contributed by atoms with van der Waals surface area (Å²) >= 11 is 0. The average Bonchev–Trinajstić information content (AvgIpc) is 1.80. The maximum Gasteiger partial charge on any atom is 0.339 e. The zero-order chi connectivity index (χ0) is 9.07. The van der Waals surface area contributed by atoms with Gasteiger partial charge < -0.3 is 0 Å². The van der Waals surface area contributed by atoms with Crippen molar-refractivity contribution < 1.29 is 9.79 Å². The molecule has 4 heteroatoms. The van der Waals surface area contributed by atoms with Gasteiger partial charge in [0, 0.05) is 5.41 Å².